The van der Waals surface area contributed by atoms with Gasteiger partial charge in [0.15, 0.2) is 0 Å². The molecule has 5 heteroatoms. The average molecular weight is 271 g/mol. The van der Waals surface area contributed by atoms with Crippen molar-refractivity contribution >= 4 is 17.6 Å². The minimum Gasteiger partial charge on any atom is -0.465 e. The number of hydrogen-bond acceptors (Lipinski definition) is 4. The Bertz CT molecular complexity index is 396. The van der Waals surface area contributed by atoms with Crippen molar-refractivity contribution in [2.45, 2.75) is 33.4 Å². The Balaban J connectivity index is 2.69. The van der Waals surface area contributed by atoms with Gasteiger partial charge < -0.3 is 4.74 Å². The molecule has 0 fully saturated rings. The number of carbonyl (C=O) groups is 1. The van der Waals surface area contributed by atoms with Gasteiger partial charge in [-0.25, -0.2) is 4.98 Å². The Labute approximate surface area is 113 Å². The first-order valence-electron chi connectivity index (χ1n) is 6.03. The molecular weight excluding hydrogens is 252 g/mol. The van der Waals surface area contributed by atoms with Crippen LogP contribution in [0.5, 0.6) is 0 Å². The van der Waals surface area contributed by atoms with E-state index in [2.05, 4.69) is 4.98 Å². The van der Waals surface area contributed by atoms with Crippen molar-refractivity contribution in [3.8, 4) is 0 Å². The molecule has 0 bridgehead atoms. The van der Waals surface area contributed by atoms with Gasteiger partial charge in [-0.2, -0.15) is 0 Å². The largest absolute Gasteiger partial charge is 0.465 e. The lowest BCUT2D eigenvalue weighted by atomic mass is 10.2. The number of halogens is 1. The highest BCUT2D eigenvalue weighted by Crippen LogP contribution is 2.15. The SMILES string of the molecule is CCOC(=O)CN(Cc1cccnc1Cl)C(C)C. The lowest BCUT2D eigenvalue weighted by Gasteiger charge is -2.25. The van der Waals surface area contributed by atoms with Crippen LogP contribution < -0.4 is 0 Å². The van der Waals surface area contributed by atoms with E-state index >= 15 is 0 Å². The van der Waals surface area contributed by atoms with Crippen molar-refractivity contribution < 1.29 is 9.53 Å². The maximum Gasteiger partial charge on any atom is 0.320 e. The molecule has 1 heterocycles. The van der Waals surface area contributed by atoms with Crippen LogP contribution in [0.2, 0.25) is 5.15 Å². The third kappa shape index (κ3) is 4.63. The molecule has 0 saturated carbocycles. The van der Waals surface area contributed by atoms with E-state index in [-0.39, 0.29) is 18.6 Å². The van der Waals surface area contributed by atoms with Gasteiger partial charge in [-0.1, -0.05) is 17.7 Å². The summed E-state index contributed by atoms with van der Waals surface area (Å²) in [7, 11) is 0. The van der Waals surface area contributed by atoms with Crippen molar-refractivity contribution in [2.24, 2.45) is 0 Å². The Kier molecular flexibility index (Phi) is 6.09. The number of pyridine rings is 1. The summed E-state index contributed by atoms with van der Waals surface area (Å²) in [5, 5.41) is 0.479. The molecule has 1 aromatic heterocycles. The van der Waals surface area contributed by atoms with Crippen LogP contribution in [-0.4, -0.2) is 35.0 Å². The Morgan fingerprint density at radius 2 is 2.28 bits per heavy atom. The fourth-order valence-corrected chi connectivity index (χ4v) is 1.73. The molecule has 1 aromatic rings. The smallest absolute Gasteiger partial charge is 0.320 e. The van der Waals surface area contributed by atoms with Gasteiger partial charge in [0.1, 0.15) is 5.15 Å². The van der Waals surface area contributed by atoms with Crippen LogP contribution in [0.4, 0.5) is 0 Å². The second-order valence-corrected chi connectivity index (χ2v) is 4.62. The molecule has 0 saturated heterocycles. The van der Waals surface area contributed by atoms with Gasteiger partial charge in [0.25, 0.3) is 0 Å². The maximum atomic E-state index is 11.5. The Morgan fingerprint density at radius 1 is 1.56 bits per heavy atom. The number of carbonyl (C=O) groups excluding carboxylic acids is 1. The molecule has 18 heavy (non-hydrogen) atoms. The number of nitrogens with zero attached hydrogens (tertiary/aromatic N) is 2. The van der Waals surface area contributed by atoms with E-state index < -0.39 is 0 Å². The van der Waals surface area contributed by atoms with Gasteiger partial charge in [-0.15, -0.1) is 0 Å². The standard InChI is InChI=1S/C13H19ClN2O2/c1-4-18-12(17)9-16(10(2)3)8-11-6-5-7-15-13(11)14/h5-7,10H,4,8-9H2,1-3H3. The van der Waals surface area contributed by atoms with Crippen molar-refractivity contribution in [3.05, 3.63) is 29.0 Å². The van der Waals surface area contributed by atoms with Crippen LogP contribution >= 0.6 is 11.6 Å². The van der Waals surface area contributed by atoms with Gasteiger partial charge in [0.05, 0.1) is 13.2 Å². The third-order valence-electron chi connectivity index (χ3n) is 2.58. The lowest BCUT2D eigenvalue weighted by molar-refractivity contribution is -0.145. The summed E-state index contributed by atoms with van der Waals surface area (Å²) in [6.07, 6.45) is 1.65. The summed E-state index contributed by atoms with van der Waals surface area (Å²) in [6.45, 7) is 7.11. The van der Waals surface area contributed by atoms with Crippen LogP contribution in [0.1, 0.15) is 26.3 Å². The molecule has 1 rings (SSSR count). The number of rotatable bonds is 6. The van der Waals surface area contributed by atoms with Crippen LogP contribution in [-0.2, 0) is 16.1 Å². The summed E-state index contributed by atoms with van der Waals surface area (Å²) >= 11 is 6.02. The van der Waals surface area contributed by atoms with E-state index in [4.69, 9.17) is 16.3 Å². The number of ether oxygens (including phenoxy) is 1. The molecule has 0 amide bonds. The van der Waals surface area contributed by atoms with Gasteiger partial charge >= 0.3 is 5.97 Å². The van der Waals surface area contributed by atoms with E-state index in [0.29, 0.717) is 18.3 Å². The first kappa shape index (κ1) is 14.9. The predicted molar refractivity (Wildman–Crippen MR) is 71.4 cm³/mol. The first-order valence-corrected chi connectivity index (χ1v) is 6.41. The molecule has 100 valence electrons. The summed E-state index contributed by atoms with van der Waals surface area (Å²) < 4.78 is 4.96. The second-order valence-electron chi connectivity index (χ2n) is 4.26. The molecule has 0 N–H and O–H groups in total. The molecule has 0 atom stereocenters. The van der Waals surface area contributed by atoms with Gasteiger partial charge in [-0.05, 0) is 26.8 Å². The fraction of sp³-hybridized carbons (Fsp3) is 0.538. The third-order valence-corrected chi connectivity index (χ3v) is 2.92. The normalized spacial score (nSPS) is 11.0. The molecule has 0 aliphatic rings. The van der Waals surface area contributed by atoms with E-state index in [1.807, 2.05) is 30.9 Å². The molecule has 0 aromatic carbocycles. The molecule has 0 aliphatic carbocycles. The highest BCUT2D eigenvalue weighted by molar-refractivity contribution is 6.30. The lowest BCUT2D eigenvalue weighted by Crippen LogP contribution is -2.36. The molecular formula is C13H19ClN2O2. The summed E-state index contributed by atoms with van der Waals surface area (Å²) in [5.74, 6) is -0.216. The van der Waals surface area contributed by atoms with Crippen LogP contribution in [0, 0.1) is 0 Å². The Morgan fingerprint density at radius 3 is 2.83 bits per heavy atom. The second kappa shape index (κ2) is 7.34. The topological polar surface area (TPSA) is 42.4 Å². The van der Waals surface area contributed by atoms with Crippen LogP contribution in [0.3, 0.4) is 0 Å². The van der Waals surface area contributed by atoms with E-state index in [1.165, 1.54) is 0 Å². The average Bonchev–Trinajstić information content (AvgIpc) is 2.31. The monoisotopic (exact) mass is 270 g/mol. The van der Waals surface area contributed by atoms with Crippen molar-refractivity contribution in [2.75, 3.05) is 13.2 Å². The number of aromatic nitrogens is 1. The van der Waals surface area contributed by atoms with Gasteiger partial charge in [0.2, 0.25) is 0 Å². The fourth-order valence-electron chi connectivity index (χ4n) is 1.55. The highest BCUT2D eigenvalue weighted by Gasteiger charge is 2.16. The minimum absolute atomic E-state index is 0.216. The predicted octanol–water partition coefficient (Wildman–Crippen LogP) is 2.51. The van der Waals surface area contributed by atoms with Crippen molar-refractivity contribution in [3.63, 3.8) is 0 Å². The number of esters is 1. The summed E-state index contributed by atoms with van der Waals surface area (Å²) in [5.41, 5.74) is 0.914. The molecule has 0 aliphatic heterocycles. The van der Waals surface area contributed by atoms with Crippen molar-refractivity contribution in [1.82, 2.24) is 9.88 Å². The van der Waals surface area contributed by atoms with E-state index in [1.54, 1.807) is 13.1 Å². The Hall–Kier alpha value is -1.13. The minimum atomic E-state index is -0.216. The van der Waals surface area contributed by atoms with Gasteiger partial charge in [0, 0.05) is 24.3 Å². The molecule has 0 radical (unpaired) electrons. The summed E-state index contributed by atoms with van der Waals surface area (Å²) in [6, 6.07) is 3.98. The zero-order valence-corrected chi connectivity index (χ0v) is 11.8. The molecule has 0 spiro atoms. The first-order chi connectivity index (χ1) is 8.54. The van der Waals surface area contributed by atoms with Crippen molar-refractivity contribution in [1.29, 1.82) is 0 Å². The van der Waals surface area contributed by atoms with E-state index in [9.17, 15) is 4.79 Å². The number of hydrogen-bond donors (Lipinski definition) is 0. The van der Waals surface area contributed by atoms with E-state index in [0.717, 1.165) is 5.56 Å². The zero-order valence-electron chi connectivity index (χ0n) is 11.0. The maximum absolute atomic E-state index is 11.5. The zero-order chi connectivity index (χ0) is 13.5. The summed E-state index contributed by atoms with van der Waals surface area (Å²) in [4.78, 5) is 17.6. The quantitative estimate of drug-likeness (QED) is 0.588. The molecule has 4 nitrogen and oxygen atoms in total. The van der Waals surface area contributed by atoms with Crippen LogP contribution in [0.25, 0.3) is 0 Å². The van der Waals surface area contributed by atoms with Crippen LogP contribution in [0.15, 0.2) is 18.3 Å². The molecule has 0 unspecified atom stereocenters. The van der Waals surface area contributed by atoms with Gasteiger partial charge in [-0.3, -0.25) is 9.69 Å². The highest BCUT2D eigenvalue weighted by atomic mass is 35.5.